The number of nitrogens with zero attached hydrogens (tertiary/aromatic N) is 1. The zero-order valence-electron chi connectivity index (χ0n) is 8.72. The molecule has 0 bridgehead atoms. The molecule has 0 aliphatic heterocycles. The SMILES string of the molecule is N#CCC(NOCC(N)=O)c1ccccc1. The second-order valence-electron chi connectivity index (χ2n) is 3.20. The molecular formula is C11H13N3O2. The van der Waals surface area contributed by atoms with E-state index in [1.165, 1.54) is 0 Å². The fourth-order valence-corrected chi connectivity index (χ4v) is 1.22. The lowest BCUT2D eigenvalue weighted by Gasteiger charge is -2.15. The molecule has 0 aromatic heterocycles. The number of rotatable bonds is 6. The zero-order valence-corrected chi connectivity index (χ0v) is 8.72. The van der Waals surface area contributed by atoms with E-state index in [0.717, 1.165) is 5.56 Å². The molecule has 1 aromatic rings. The number of hydroxylamine groups is 1. The summed E-state index contributed by atoms with van der Waals surface area (Å²) in [5.41, 5.74) is 8.49. The maximum absolute atomic E-state index is 10.5. The molecule has 1 aromatic carbocycles. The predicted octanol–water partition coefficient (Wildman–Crippen LogP) is 0.648. The van der Waals surface area contributed by atoms with Crippen molar-refractivity contribution >= 4 is 5.91 Å². The molecule has 0 fully saturated rings. The van der Waals surface area contributed by atoms with Gasteiger partial charge in [0.2, 0.25) is 5.91 Å². The van der Waals surface area contributed by atoms with Crippen molar-refractivity contribution in [3.63, 3.8) is 0 Å². The third-order valence-corrected chi connectivity index (χ3v) is 1.94. The van der Waals surface area contributed by atoms with Gasteiger partial charge in [-0.3, -0.25) is 9.63 Å². The minimum Gasteiger partial charge on any atom is -0.368 e. The van der Waals surface area contributed by atoms with E-state index in [1.54, 1.807) is 0 Å². The molecule has 0 saturated heterocycles. The van der Waals surface area contributed by atoms with Crippen molar-refractivity contribution in [3.8, 4) is 6.07 Å². The number of hydrogen-bond acceptors (Lipinski definition) is 4. The molecule has 1 amide bonds. The molecule has 3 N–H and O–H groups in total. The normalized spacial score (nSPS) is 11.7. The summed E-state index contributed by atoms with van der Waals surface area (Å²) in [4.78, 5) is 15.4. The number of primary amides is 1. The van der Waals surface area contributed by atoms with Crippen LogP contribution < -0.4 is 11.2 Å². The van der Waals surface area contributed by atoms with Gasteiger partial charge >= 0.3 is 0 Å². The third-order valence-electron chi connectivity index (χ3n) is 1.94. The van der Waals surface area contributed by atoms with Crippen molar-refractivity contribution in [2.75, 3.05) is 6.61 Å². The summed E-state index contributed by atoms with van der Waals surface area (Å²) in [6, 6.07) is 11.2. The van der Waals surface area contributed by atoms with Gasteiger partial charge in [-0.15, -0.1) is 0 Å². The number of nitrogens with two attached hydrogens (primary N) is 1. The Morgan fingerprint density at radius 3 is 2.75 bits per heavy atom. The molecule has 5 nitrogen and oxygen atoms in total. The molecule has 84 valence electrons. The van der Waals surface area contributed by atoms with E-state index in [1.807, 2.05) is 36.4 Å². The van der Waals surface area contributed by atoms with Crippen molar-refractivity contribution in [2.45, 2.75) is 12.5 Å². The van der Waals surface area contributed by atoms with E-state index >= 15 is 0 Å². The van der Waals surface area contributed by atoms with Gasteiger partial charge in [-0.25, -0.2) is 0 Å². The Hall–Kier alpha value is -1.90. The van der Waals surface area contributed by atoms with Crippen molar-refractivity contribution in [3.05, 3.63) is 35.9 Å². The van der Waals surface area contributed by atoms with Gasteiger partial charge in [-0.1, -0.05) is 30.3 Å². The van der Waals surface area contributed by atoms with Crippen LogP contribution in [0.25, 0.3) is 0 Å². The van der Waals surface area contributed by atoms with Crippen LogP contribution in [0.1, 0.15) is 18.0 Å². The highest BCUT2D eigenvalue weighted by molar-refractivity contribution is 5.74. The monoisotopic (exact) mass is 219 g/mol. The van der Waals surface area contributed by atoms with Crippen LogP contribution in [0, 0.1) is 11.3 Å². The third kappa shape index (κ3) is 4.09. The van der Waals surface area contributed by atoms with Crippen molar-refractivity contribution < 1.29 is 9.63 Å². The highest BCUT2D eigenvalue weighted by Gasteiger charge is 2.10. The van der Waals surface area contributed by atoms with Crippen molar-refractivity contribution in [1.29, 1.82) is 5.26 Å². The van der Waals surface area contributed by atoms with Crippen LogP contribution >= 0.6 is 0 Å². The minimum absolute atomic E-state index is 0.214. The van der Waals surface area contributed by atoms with E-state index < -0.39 is 5.91 Å². The summed E-state index contributed by atoms with van der Waals surface area (Å²) in [6.07, 6.45) is 0.253. The fourth-order valence-electron chi connectivity index (χ4n) is 1.22. The van der Waals surface area contributed by atoms with Crippen LogP contribution in [0.2, 0.25) is 0 Å². The summed E-state index contributed by atoms with van der Waals surface area (Å²) in [5.74, 6) is -0.559. The van der Waals surface area contributed by atoms with E-state index in [4.69, 9.17) is 15.8 Å². The van der Waals surface area contributed by atoms with Gasteiger partial charge in [-0.2, -0.15) is 10.7 Å². The average molecular weight is 219 g/mol. The first-order chi connectivity index (χ1) is 7.74. The Morgan fingerprint density at radius 1 is 1.50 bits per heavy atom. The summed E-state index contributed by atoms with van der Waals surface area (Å²) in [5, 5.41) is 8.67. The Bertz CT molecular complexity index is 373. The predicted molar refractivity (Wildman–Crippen MR) is 57.7 cm³/mol. The van der Waals surface area contributed by atoms with Crippen LogP contribution in [-0.2, 0) is 9.63 Å². The molecule has 0 aliphatic carbocycles. The Morgan fingerprint density at radius 2 is 2.19 bits per heavy atom. The van der Waals surface area contributed by atoms with Gasteiger partial charge in [0, 0.05) is 0 Å². The maximum atomic E-state index is 10.5. The number of amides is 1. The Labute approximate surface area is 93.8 Å². The van der Waals surface area contributed by atoms with Gasteiger partial charge in [0.15, 0.2) is 0 Å². The van der Waals surface area contributed by atoms with Crippen molar-refractivity contribution in [1.82, 2.24) is 5.48 Å². The van der Waals surface area contributed by atoms with Crippen LogP contribution in [0.3, 0.4) is 0 Å². The molecule has 0 heterocycles. The van der Waals surface area contributed by atoms with E-state index in [2.05, 4.69) is 5.48 Å². The van der Waals surface area contributed by atoms with Crippen LogP contribution in [-0.4, -0.2) is 12.5 Å². The zero-order chi connectivity index (χ0) is 11.8. The molecule has 1 unspecified atom stereocenters. The standard InChI is InChI=1S/C11H13N3O2/c12-7-6-10(14-16-8-11(13)15)9-4-2-1-3-5-9/h1-5,10,14H,6,8H2,(H2,13,15). The Balaban J connectivity index is 2.55. The molecule has 0 radical (unpaired) electrons. The first-order valence-electron chi connectivity index (χ1n) is 4.81. The van der Waals surface area contributed by atoms with Gasteiger partial charge in [0.05, 0.1) is 18.5 Å². The minimum atomic E-state index is -0.559. The van der Waals surface area contributed by atoms with Crippen LogP contribution in [0.4, 0.5) is 0 Å². The topological polar surface area (TPSA) is 88.1 Å². The largest absolute Gasteiger partial charge is 0.368 e. The lowest BCUT2D eigenvalue weighted by atomic mass is 10.1. The van der Waals surface area contributed by atoms with Gasteiger partial charge in [0.25, 0.3) is 0 Å². The summed E-state index contributed by atoms with van der Waals surface area (Å²) >= 11 is 0. The molecule has 0 saturated carbocycles. The molecule has 1 atom stereocenters. The lowest BCUT2D eigenvalue weighted by molar-refractivity contribution is -0.126. The highest BCUT2D eigenvalue weighted by Crippen LogP contribution is 2.15. The number of nitriles is 1. The van der Waals surface area contributed by atoms with Gasteiger partial charge in [0.1, 0.15) is 6.61 Å². The average Bonchev–Trinajstić information content (AvgIpc) is 2.29. The van der Waals surface area contributed by atoms with Crippen molar-refractivity contribution in [2.24, 2.45) is 5.73 Å². The smallest absolute Gasteiger partial charge is 0.245 e. The molecule has 0 spiro atoms. The number of hydrogen-bond donors (Lipinski definition) is 2. The van der Waals surface area contributed by atoms with E-state index in [-0.39, 0.29) is 19.1 Å². The van der Waals surface area contributed by atoms with E-state index in [0.29, 0.717) is 0 Å². The first kappa shape index (κ1) is 12.2. The number of carbonyl (C=O) groups is 1. The van der Waals surface area contributed by atoms with Gasteiger partial charge < -0.3 is 5.73 Å². The summed E-state index contributed by atoms with van der Waals surface area (Å²) in [6.45, 7) is -0.214. The molecule has 16 heavy (non-hydrogen) atoms. The second-order valence-corrected chi connectivity index (χ2v) is 3.20. The molecule has 1 rings (SSSR count). The fraction of sp³-hybridized carbons (Fsp3) is 0.273. The Kier molecular flexibility index (Phi) is 4.99. The number of carbonyl (C=O) groups excluding carboxylic acids is 1. The summed E-state index contributed by atoms with van der Waals surface area (Å²) in [7, 11) is 0. The maximum Gasteiger partial charge on any atom is 0.245 e. The molecular weight excluding hydrogens is 206 g/mol. The lowest BCUT2D eigenvalue weighted by Crippen LogP contribution is -2.27. The number of benzene rings is 1. The van der Waals surface area contributed by atoms with E-state index in [9.17, 15) is 4.79 Å². The molecule has 0 aliphatic rings. The van der Waals surface area contributed by atoms with Gasteiger partial charge in [-0.05, 0) is 5.56 Å². The summed E-state index contributed by atoms with van der Waals surface area (Å²) < 4.78 is 0. The molecule has 5 heteroatoms. The second kappa shape index (κ2) is 6.56. The highest BCUT2D eigenvalue weighted by atomic mass is 16.6. The van der Waals surface area contributed by atoms with Crippen LogP contribution in [0.5, 0.6) is 0 Å². The quantitative estimate of drug-likeness (QED) is 0.687. The number of nitrogens with one attached hydrogen (secondary N) is 1. The first-order valence-corrected chi connectivity index (χ1v) is 4.81. The van der Waals surface area contributed by atoms with Crippen LogP contribution in [0.15, 0.2) is 30.3 Å².